The number of benzene rings is 2. The third-order valence-corrected chi connectivity index (χ3v) is 3.22. The van der Waals surface area contributed by atoms with Crippen LogP contribution in [0.3, 0.4) is 0 Å². The van der Waals surface area contributed by atoms with Crippen molar-refractivity contribution in [2.24, 2.45) is 0 Å². The van der Waals surface area contributed by atoms with Crippen LogP contribution in [0.25, 0.3) is 22.5 Å². The second kappa shape index (κ2) is 4.81. The lowest BCUT2D eigenvalue weighted by atomic mass is 10.1. The minimum Gasteiger partial charge on any atom is -0.398 e. The molecule has 0 aliphatic heterocycles. The van der Waals surface area contributed by atoms with Gasteiger partial charge in [-0.1, -0.05) is 12.1 Å². The summed E-state index contributed by atoms with van der Waals surface area (Å²) in [5, 5.41) is 7.22. The number of nitrogens with two attached hydrogens (primary N) is 1. The predicted octanol–water partition coefficient (Wildman–Crippen LogP) is 3.77. The molecule has 2 aromatic carbocycles. The summed E-state index contributed by atoms with van der Waals surface area (Å²) in [6.07, 6.45) is 0. The number of halogens is 1. The fourth-order valence-corrected chi connectivity index (χ4v) is 2.16. The van der Waals surface area contributed by atoms with Crippen molar-refractivity contribution >= 4 is 5.69 Å². The largest absolute Gasteiger partial charge is 0.398 e. The van der Waals surface area contributed by atoms with Crippen molar-refractivity contribution in [1.82, 2.24) is 10.2 Å². The summed E-state index contributed by atoms with van der Waals surface area (Å²) >= 11 is 0. The van der Waals surface area contributed by atoms with Crippen LogP contribution in [0.1, 0.15) is 5.56 Å². The molecule has 3 aromatic rings. The highest BCUT2D eigenvalue weighted by Gasteiger charge is 2.08. The van der Waals surface area contributed by atoms with Gasteiger partial charge in [-0.15, -0.1) is 0 Å². The Morgan fingerprint density at radius 2 is 1.80 bits per heavy atom. The summed E-state index contributed by atoms with van der Waals surface area (Å²) in [4.78, 5) is 0. The average molecular weight is 267 g/mol. The van der Waals surface area contributed by atoms with E-state index in [4.69, 9.17) is 5.73 Å². The van der Waals surface area contributed by atoms with Crippen LogP contribution in [0.15, 0.2) is 48.5 Å². The molecule has 4 heteroatoms. The van der Waals surface area contributed by atoms with E-state index in [0.717, 1.165) is 28.1 Å². The number of nitrogens with one attached hydrogen (secondary N) is 1. The molecule has 0 amide bonds. The summed E-state index contributed by atoms with van der Waals surface area (Å²) in [5.74, 6) is -0.257. The van der Waals surface area contributed by atoms with Gasteiger partial charge in [-0.3, -0.25) is 5.10 Å². The van der Waals surface area contributed by atoms with Gasteiger partial charge in [0, 0.05) is 16.8 Å². The van der Waals surface area contributed by atoms with Crippen LogP contribution in [0, 0.1) is 12.7 Å². The highest BCUT2D eigenvalue weighted by molar-refractivity contribution is 5.77. The molecular formula is C16H14FN3. The quantitative estimate of drug-likeness (QED) is 0.694. The molecule has 1 aromatic heterocycles. The van der Waals surface area contributed by atoms with Crippen LogP contribution in [-0.4, -0.2) is 10.2 Å². The van der Waals surface area contributed by atoms with Crippen molar-refractivity contribution in [1.29, 1.82) is 0 Å². The van der Waals surface area contributed by atoms with Crippen LogP contribution >= 0.6 is 0 Å². The van der Waals surface area contributed by atoms with E-state index in [2.05, 4.69) is 10.2 Å². The Kier molecular flexibility index (Phi) is 2.99. The van der Waals surface area contributed by atoms with E-state index in [1.54, 1.807) is 12.1 Å². The van der Waals surface area contributed by atoms with Crippen LogP contribution in [0.4, 0.5) is 10.1 Å². The summed E-state index contributed by atoms with van der Waals surface area (Å²) in [6.45, 7) is 2.00. The van der Waals surface area contributed by atoms with E-state index in [1.165, 1.54) is 12.1 Å². The lowest BCUT2D eigenvalue weighted by Crippen LogP contribution is -1.90. The number of H-pyrrole nitrogens is 1. The first kappa shape index (κ1) is 12.4. The number of anilines is 1. The van der Waals surface area contributed by atoms with Gasteiger partial charge >= 0.3 is 0 Å². The zero-order valence-electron chi connectivity index (χ0n) is 11.0. The second-order valence-corrected chi connectivity index (χ2v) is 4.76. The lowest BCUT2D eigenvalue weighted by molar-refractivity contribution is 0.628. The first-order valence-corrected chi connectivity index (χ1v) is 6.31. The molecular weight excluding hydrogens is 253 g/mol. The average Bonchev–Trinajstić information content (AvgIpc) is 2.89. The van der Waals surface area contributed by atoms with Crippen molar-refractivity contribution in [2.45, 2.75) is 6.92 Å². The molecule has 3 N–H and O–H groups in total. The molecule has 0 bridgehead atoms. The number of aromatic amines is 1. The van der Waals surface area contributed by atoms with Crippen LogP contribution in [0.2, 0.25) is 0 Å². The summed E-state index contributed by atoms with van der Waals surface area (Å²) in [5.41, 5.74) is 11.2. The standard InChI is InChI=1S/C16H14FN3/c1-10-2-7-13(14(18)8-10)16-9-15(19-20-16)11-3-5-12(17)6-4-11/h2-9H,18H2,1H3,(H,19,20). The van der Waals surface area contributed by atoms with E-state index in [1.807, 2.05) is 31.2 Å². The third kappa shape index (κ3) is 2.28. The smallest absolute Gasteiger partial charge is 0.123 e. The number of hydrogen-bond donors (Lipinski definition) is 2. The second-order valence-electron chi connectivity index (χ2n) is 4.76. The monoisotopic (exact) mass is 267 g/mol. The van der Waals surface area contributed by atoms with Gasteiger partial charge in [0.05, 0.1) is 11.4 Å². The van der Waals surface area contributed by atoms with Gasteiger partial charge in [0.25, 0.3) is 0 Å². The van der Waals surface area contributed by atoms with Gasteiger partial charge in [0.1, 0.15) is 5.82 Å². The molecule has 20 heavy (non-hydrogen) atoms. The van der Waals surface area contributed by atoms with Crippen molar-refractivity contribution in [3.8, 4) is 22.5 Å². The molecule has 0 fully saturated rings. The minimum absolute atomic E-state index is 0.257. The maximum atomic E-state index is 12.9. The highest BCUT2D eigenvalue weighted by atomic mass is 19.1. The molecule has 100 valence electrons. The highest BCUT2D eigenvalue weighted by Crippen LogP contribution is 2.28. The molecule has 1 heterocycles. The fraction of sp³-hybridized carbons (Fsp3) is 0.0625. The number of rotatable bonds is 2. The van der Waals surface area contributed by atoms with Crippen molar-refractivity contribution in [3.05, 3.63) is 59.9 Å². The molecule has 0 saturated carbocycles. The Bertz CT molecular complexity index is 745. The van der Waals surface area contributed by atoms with Crippen LogP contribution < -0.4 is 5.73 Å². The Morgan fingerprint density at radius 3 is 2.50 bits per heavy atom. The Labute approximate surface area is 116 Å². The summed E-state index contributed by atoms with van der Waals surface area (Å²) < 4.78 is 12.9. The van der Waals surface area contributed by atoms with E-state index in [9.17, 15) is 4.39 Å². The van der Waals surface area contributed by atoms with E-state index >= 15 is 0 Å². The fourth-order valence-electron chi connectivity index (χ4n) is 2.16. The van der Waals surface area contributed by atoms with Crippen molar-refractivity contribution in [2.75, 3.05) is 5.73 Å². The third-order valence-electron chi connectivity index (χ3n) is 3.22. The van der Waals surface area contributed by atoms with Gasteiger partial charge in [0.2, 0.25) is 0 Å². The van der Waals surface area contributed by atoms with Crippen LogP contribution in [-0.2, 0) is 0 Å². The maximum Gasteiger partial charge on any atom is 0.123 e. The number of aryl methyl sites for hydroxylation is 1. The van der Waals surface area contributed by atoms with E-state index in [0.29, 0.717) is 5.69 Å². The molecule has 0 spiro atoms. The molecule has 3 nitrogen and oxygen atoms in total. The maximum absolute atomic E-state index is 12.9. The summed E-state index contributed by atoms with van der Waals surface area (Å²) in [6, 6.07) is 14.0. The van der Waals surface area contributed by atoms with Gasteiger partial charge in [-0.25, -0.2) is 4.39 Å². The predicted molar refractivity (Wildman–Crippen MR) is 78.6 cm³/mol. The number of hydrogen-bond acceptors (Lipinski definition) is 2. The SMILES string of the molecule is Cc1ccc(-c2cc(-c3ccc(F)cc3)n[nH]2)c(N)c1. The Balaban J connectivity index is 1.99. The molecule has 0 saturated heterocycles. The molecule has 0 radical (unpaired) electrons. The van der Waals surface area contributed by atoms with Crippen LogP contribution in [0.5, 0.6) is 0 Å². The van der Waals surface area contributed by atoms with Gasteiger partial charge in [-0.05, 0) is 48.9 Å². The lowest BCUT2D eigenvalue weighted by Gasteiger charge is -2.03. The van der Waals surface area contributed by atoms with E-state index < -0.39 is 0 Å². The summed E-state index contributed by atoms with van der Waals surface area (Å²) in [7, 11) is 0. The first-order valence-electron chi connectivity index (χ1n) is 6.31. The van der Waals surface area contributed by atoms with Crippen molar-refractivity contribution in [3.63, 3.8) is 0 Å². The Hall–Kier alpha value is -2.62. The first-order chi connectivity index (χ1) is 9.63. The normalized spacial score (nSPS) is 10.7. The molecule has 0 unspecified atom stereocenters. The van der Waals surface area contributed by atoms with Gasteiger partial charge in [-0.2, -0.15) is 5.10 Å². The zero-order valence-corrected chi connectivity index (χ0v) is 11.0. The zero-order chi connectivity index (χ0) is 14.1. The number of nitrogens with zero attached hydrogens (tertiary/aromatic N) is 1. The molecule has 0 aliphatic carbocycles. The number of aromatic nitrogens is 2. The molecule has 0 aliphatic rings. The van der Waals surface area contributed by atoms with Gasteiger partial charge in [0.15, 0.2) is 0 Å². The van der Waals surface area contributed by atoms with Gasteiger partial charge < -0.3 is 5.73 Å². The Morgan fingerprint density at radius 1 is 1.05 bits per heavy atom. The van der Waals surface area contributed by atoms with E-state index in [-0.39, 0.29) is 5.82 Å². The minimum atomic E-state index is -0.257. The van der Waals surface area contributed by atoms with Crippen molar-refractivity contribution < 1.29 is 4.39 Å². The number of nitrogen functional groups attached to an aromatic ring is 1. The topological polar surface area (TPSA) is 54.7 Å². The molecule has 0 atom stereocenters. The molecule has 3 rings (SSSR count).